The molecule has 0 spiro atoms. The SMILES string of the molecule is OC1(CC2CCOc3ccccc32)Cc2ccccc2C1. The third-order valence-corrected chi connectivity index (χ3v) is 4.87. The number of fused-ring (bicyclic) bond motifs is 2. The summed E-state index contributed by atoms with van der Waals surface area (Å²) < 4.78 is 5.73. The number of hydrogen-bond donors (Lipinski definition) is 1. The number of ether oxygens (including phenoxy) is 1. The molecule has 2 heteroatoms. The van der Waals surface area contributed by atoms with Crippen molar-refractivity contribution in [3.63, 3.8) is 0 Å². The van der Waals surface area contributed by atoms with Gasteiger partial charge in [-0.1, -0.05) is 42.5 Å². The Bertz CT molecular complexity index is 637. The summed E-state index contributed by atoms with van der Waals surface area (Å²) in [6.07, 6.45) is 3.38. The van der Waals surface area contributed by atoms with E-state index in [1.807, 2.05) is 12.1 Å². The van der Waals surface area contributed by atoms with Gasteiger partial charge >= 0.3 is 0 Å². The number of rotatable bonds is 2. The Morgan fingerprint density at radius 3 is 2.43 bits per heavy atom. The Morgan fingerprint density at radius 1 is 1.00 bits per heavy atom. The average Bonchev–Trinajstić information content (AvgIpc) is 2.83. The van der Waals surface area contributed by atoms with Crippen LogP contribution in [0.5, 0.6) is 5.75 Å². The van der Waals surface area contributed by atoms with Gasteiger partial charge in [-0.3, -0.25) is 0 Å². The minimum absolute atomic E-state index is 0.397. The first-order chi connectivity index (χ1) is 10.2. The van der Waals surface area contributed by atoms with Crippen LogP contribution in [-0.2, 0) is 12.8 Å². The van der Waals surface area contributed by atoms with Crippen LogP contribution >= 0.6 is 0 Å². The van der Waals surface area contributed by atoms with E-state index < -0.39 is 5.60 Å². The molecule has 0 amide bonds. The third kappa shape index (κ3) is 2.34. The molecule has 4 rings (SSSR count). The molecule has 0 saturated heterocycles. The van der Waals surface area contributed by atoms with Crippen LogP contribution in [0.15, 0.2) is 48.5 Å². The van der Waals surface area contributed by atoms with E-state index in [0.717, 1.165) is 38.0 Å². The molecule has 21 heavy (non-hydrogen) atoms. The first-order valence-corrected chi connectivity index (χ1v) is 7.74. The van der Waals surface area contributed by atoms with Crippen molar-refractivity contribution in [1.82, 2.24) is 0 Å². The molecule has 2 aromatic rings. The van der Waals surface area contributed by atoms with Crippen molar-refractivity contribution in [1.29, 1.82) is 0 Å². The lowest BCUT2D eigenvalue weighted by Gasteiger charge is -2.32. The second kappa shape index (κ2) is 4.88. The zero-order valence-electron chi connectivity index (χ0n) is 12.1. The summed E-state index contributed by atoms with van der Waals surface area (Å²) in [5.74, 6) is 1.39. The molecular formula is C19H20O2. The summed E-state index contributed by atoms with van der Waals surface area (Å²) in [7, 11) is 0. The van der Waals surface area contributed by atoms with Crippen molar-refractivity contribution in [2.24, 2.45) is 0 Å². The Labute approximate surface area is 125 Å². The molecule has 0 bridgehead atoms. The van der Waals surface area contributed by atoms with Crippen LogP contribution in [0, 0.1) is 0 Å². The fourth-order valence-electron chi connectivity index (χ4n) is 3.90. The molecule has 1 aliphatic carbocycles. The molecule has 1 heterocycles. The third-order valence-electron chi connectivity index (χ3n) is 4.87. The fraction of sp³-hybridized carbons (Fsp3) is 0.368. The second-order valence-electron chi connectivity index (χ2n) is 6.42. The molecule has 1 aliphatic heterocycles. The van der Waals surface area contributed by atoms with Gasteiger partial charge in [-0.25, -0.2) is 0 Å². The van der Waals surface area contributed by atoms with Gasteiger partial charge < -0.3 is 9.84 Å². The largest absolute Gasteiger partial charge is 0.493 e. The van der Waals surface area contributed by atoms with E-state index in [2.05, 4.69) is 36.4 Å². The average molecular weight is 280 g/mol. The Hall–Kier alpha value is -1.80. The zero-order chi connectivity index (χ0) is 14.3. The molecule has 1 atom stereocenters. The molecule has 0 aromatic heterocycles. The molecule has 2 nitrogen and oxygen atoms in total. The van der Waals surface area contributed by atoms with Crippen molar-refractivity contribution >= 4 is 0 Å². The van der Waals surface area contributed by atoms with Crippen LogP contribution < -0.4 is 4.74 Å². The van der Waals surface area contributed by atoms with Crippen LogP contribution in [0.3, 0.4) is 0 Å². The van der Waals surface area contributed by atoms with E-state index in [0.29, 0.717) is 5.92 Å². The zero-order valence-corrected chi connectivity index (χ0v) is 12.1. The van der Waals surface area contributed by atoms with Crippen LogP contribution in [0.1, 0.15) is 35.4 Å². The summed E-state index contributed by atoms with van der Waals surface area (Å²) in [4.78, 5) is 0. The van der Waals surface area contributed by atoms with Crippen molar-refractivity contribution < 1.29 is 9.84 Å². The summed E-state index contributed by atoms with van der Waals surface area (Å²) in [5, 5.41) is 11.0. The van der Waals surface area contributed by atoms with Gasteiger partial charge in [0.1, 0.15) is 5.75 Å². The molecule has 0 radical (unpaired) electrons. The quantitative estimate of drug-likeness (QED) is 0.912. The number of para-hydroxylation sites is 1. The topological polar surface area (TPSA) is 29.5 Å². The molecule has 1 N–H and O–H groups in total. The van der Waals surface area contributed by atoms with Crippen molar-refractivity contribution in [2.45, 2.75) is 37.2 Å². The molecule has 0 saturated carbocycles. The first-order valence-electron chi connectivity index (χ1n) is 7.74. The molecule has 1 unspecified atom stereocenters. The van der Waals surface area contributed by atoms with Crippen LogP contribution in [0.25, 0.3) is 0 Å². The predicted octanol–water partition coefficient (Wildman–Crippen LogP) is 3.47. The van der Waals surface area contributed by atoms with Crippen molar-refractivity contribution in [3.05, 3.63) is 65.2 Å². The minimum atomic E-state index is -0.598. The van der Waals surface area contributed by atoms with Gasteiger partial charge in [-0.2, -0.15) is 0 Å². The molecule has 0 fully saturated rings. The standard InChI is InChI=1S/C19H20O2/c20-19(11-14-5-1-2-6-15(14)12-19)13-16-9-10-21-18-8-4-3-7-17(16)18/h1-8,16,20H,9-13H2. The minimum Gasteiger partial charge on any atom is -0.493 e. The van der Waals surface area contributed by atoms with Crippen molar-refractivity contribution in [2.75, 3.05) is 6.61 Å². The fourth-order valence-corrected chi connectivity index (χ4v) is 3.90. The van der Waals surface area contributed by atoms with Crippen LogP contribution in [-0.4, -0.2) is 17.3 Å². The monoisotopic (exact) mass is 280 g/mol. The lowest BCUT2D eigenvalue weighted by Crippen LogP contribution is -2.33. The summed E-state index contributed by atoms with van der Waals surface area (Å²) >= 11 is 0. The maximum Gasteiger partial charge on any atom is 0.122 e. The summed E-state index contributed by atoms with van der Waals surface area (Å²) in [6.45, 7) is 0.755. The highest BCUT2D eigenvalue weighted by Crippen LogP contribution is 2.42. The second-order valence-corrected chi connectivity index (χ2v) is 6.42. The molecular weight excluding hydrogens is 260 g/mol. The lowest BCUT2D eigenvalue weighted by molar-refractivity contribution is 0.0306. The first kappa shape index (κ1) is 12.9. The highest BCUT2D eigenvalue weighted by molar-refractivity contribution is 5.40. The maximum absolute atomic E-state index is 11.0. The number of benzene rings is 2. The lowest BCUT2D eigenvalue weighted by atomic mass is 9.81. The molecule has 2 aromatic carbocycles. The van der Waals surface area contributed by atoms with Gasteiger partial charge in [-0.15, -0.1) is 0 Å². The van der Waals surface area contributed by atoms with E-state index in [1.54, 1.807) is 0 Å². The van der Waals surface area contributed by atoms with Gasteiger partial charge in [0.05, 0.1) is 12.2 Å². The van der Waals surface area contributed by atoms with Gasteiger partial charge in [0.25, 0.3) is 0 Å². The van der Waals surface area contributed by atoms with Crippen LogP contribution in [0.2, 0.25) is 0 Å². The Kier molecular flexibility index (Phi) is 3.00. The Morgan fingerprint density at radius 2 is 1.67 bits per heavy atom. The van der Waals surface area contributed by atoms with Crippen LogP contribution in [0.4, 0.5) is 0 Å². The van der Waals surface area contributed by atoms with Crippen molar-refractivity contribution in [3.8, 4) is 5.75 Å². The molecule has 2 aliphatic rings. The molecule has 108 valence electrons. The normalized spacial score (nSPS) is 22.2. The van der Waals surface area contributed by atoms with E-state index in [9.17, 15) is 5.11 Å². The number of hydrogen-bond acceptors (Lipinski definition) is 2. The van der Waals surface area contributed by atoms with Gasteiger partial charge in [0.15, 0.2) is 0 Å². The number of aliphatic hydroxyl groups is 1. The van der Waals surface area contributed by atoms with Gasteiger partial charge in [0, 0.05) is 12.8 Å². The van der Waals surface area contributed by atoms with Gasteiger partial charge in [-0.05, 0) is 41.5 Å². The van der Waals surface area contributed by atoms with Gasteiger partial charge in [0.2, 0.25) is 0 Å². The highest BCUT2D eigenvalue weighted by Gasteiger charge is 2.38. The maximum atomic E-state index is 11.0. The van der Waals surface area contributed by atoms with E-state index >= 15 is 0 Å². The van der Waals surface area contributed by atoms with E-state index in [4.69, 9.17) is 4.74 Å². The predicted molar refractivity (Wildman–Crippen MR) is 82.7 cm³/mol. The summed E-state index contributed by atoms with van der Waals surface area (Å²) in [6, 6.07) is 16.7. The summed E-state index contributed by atoms with van der Waals surface area (Å²) in [5.41, 5.74) is 3.27. The highest BCUT2D eigenvalue weighted by atomic mass is 16.5. The van der Waals surface area contributed by atoms with E-state index in [1.165, 1.54) is 16.7 Å². The Balaban J connectivity index is 1.58. The smallest absolute Gasteiger partial charge is 0.122 e. The van der Waals surface area contributed by atoms with E-state index in [-0.39, 0.29) is 0 Å².